The molecule has 1 amide bonds. The fourth-order valence-electron chi connectivity index (χ4n) is 2.15. The van der Waals surface area contributed by atoms with Crippen LogP contribution in [0.2, 0.25) is 5.02 Å². The number of nitrogens with zero attached hydrogens (tertiary/aromatic N) is 1. The van der Waals surface area contributed by atoms with Crippen LogP contribution in [0.15, 0.2) is 30.3 Å². The van der Waals surface area contributed by atoms with Crippen LogP contribution in [0.25, 0.3) is 6.08 Å². The van der Waals surface area contributed by atoms with Gasteiger partial charge in [-0.15, -0.1) is 0 Å². The first kappa shape index (κ1) is 13.1. The molecule has 1 aliphatic heterocycles. The van der Waals surface area contributed by atoms with E-state index in [4.69, 9.17) is 16.7 Å². The normalized spacial score (nSPS) is 19.7. The molecule has 1 atom stereocenters. The minimum atomic E-state index is -0.0403. The van der Waals surface area contributed by atoms with Gasteiger partial charge in [0, 0.05) is 17.6 Å². The number of amides is 1. The summed E-state index contributed by atoms with van der Waals surface area (Å²) in [5.41, 5.74) is 0.937. The average Bonchev–Trinajstić information content (AvgIpc) is 2.86. The van der Waals surface area contributed by atoms with E-state index in [-0.39, 0.29) is 18.6 Å². The summed E-state index contributed by atoms with van der Waals surface area (Å²) in [7, 11) is 0. The number of hydrogen-bond acceptors (Lipinski definition) is 2. The highest BCUT2D eigenvalue weighted by Gasteiger charge is 2.26. The molecule has 1 saturated heterocycles. The Morgan fingerprint density at radius 2 is 2.17 bits per heavy atom. The Hall–Kier alpha value is -1.32. The molecule has 1 N–H and O–H groups in total. The topological polar surface area (TPSA) is 40.5 Å². The van der Waals surface area contributed by atoms with Crippen LogP contribution in [-0.4, -0.2) is 35.1 Å². The average molecular weight is 266 g/mol. The fraction of sp³-hybridized carbons (Fsp3) is 0.357. The predicted molar refractivity (Wildman–Crippen MR) is 72.3 cm³/mol. The summed E-state index contributed by atoms with van der Waals surface area (Å²) in [4.78, 5) is 13.7. The van der Waals surface area contributed by atoms with E-state index in [0.717, 1.165) is 24.9 Å². The van der Waals surface area contributed by atoms with Gasteiger partial charge in [-0.25, -0.2) is 0 Å². The van der Waals surface area contributed by atoms with Gasteiger partial charge in [0.05, 0.1) is 12.6 Å². The van der Waals surface area contributed by atoms with E-state index in [2.05, 4.69) is 0 Å². The van der Waals surface area contributed by atoms with Crippen molar-refractivity contribution in [3.05, 3.63) is 40.9 Å². The van der Waals surface area contributed by atoms with E-state index in [1.807, 2.05) is 12.1 Å². The quantitative estimate of drug-likeness (QED) is 0.853. The number of carbonyl (C=O) groups excluding carboxylic acids is 1. The van der Waals surface area contributed by atoms with E-state index in [9.17, 15) is 4.79 Å². The van der Waals surface area contributed by atoms with Crippen molar-refractivity contribution in [2.75, 3.05) is 13.2 Å². The van der Waals surface area contributed by atoms with Crippen LogP contribution in [0.4, 0.5) is 0 Å². The Morgan fingerprint density at radius 1 is 1.44 bits per heavy atom. The molecule has 96 valence electrons. The van der Waals surface area contributed by atoms with Crippen molar-refractivity contribution in [2.24, 2.45) is 0 Å². The van der Waals surface area contributed by atoms with Gasteiger partial charge >= 0.3 is 0 Å². The molecule has 18 heavy (non-hydrogen) atoms. The van der Waals surface area contributed by atoms with E-state index in [1.54, 1.807) is 29.2 Å². The molecule has 0 radical (unpaired) electrons. The van der Waals surface area contributed by atoms with Gasteiger partial charge in [-0.05, 0) is 36.6 Å². The molecule has 1 heterocycles. The van der Waals surface area contributed by atoms with Gasteiger partial charge < -0.3 is 10.0 Å². The number of likely N-dealkylation sites (tertiary alicyclic amines) is 1. The van der Waals surface area contributed by atoms with Crippen LogP contribution in [0.3, 0.4) is 0 Å². The second kappa shape index (κ2) is 6.03. The number of aliphatic hydroxyl groups is 1. The molecule has 2 rings (SSSR count). The van der Waals surface area contributed by atoms with E-state index >= 15 is 0 Å². The van der Waals surface area contributed by atoms with Crippen molar-refractivity contribution < 1.29 is 9.90 Å². The molecule has 0 bridgehead atoms. The van der Waals surface area contributed by atoms with Gasteiger partial charge in [0.25, 0.3) is 0 Å². The van der Waals surface area contributed by atoms with Crippen molar-refractivity contribution in [2.45, 2.75) is 18.9 Å². The first-order valence-corrected chi connectivity index (χ1v) is 6.43. The standard InChI is InChI=1S/C14H16ClNO2/c15-12-6-3-11(4-7-12)5-8-14(18)16-9-1-2-13(16)10-17/h3-8,13,17H,1-2,9-10H2/t13-/m0/s1. The Kier molecular flexibility index (Phi) is 4.39. The Morgan fingerprint density at radius 3 is 2.83 bits per heavy atom. The summed E-state index contributed by atoms with van der Waals surface area (Å²) in [6.07, 6.45) is 5.17. The summed E-state index contributed by atoms with van der Waals surface area (Å²) >= 11 is 5.79. The molecular formula is C14H16ClNO2. The highest BCUT2D eigenvalue weighted by atomic mass is 35.5. The molecule has 1 aromatic carbocycles. The fourth-order valence-corrected chi connectivity index (χ4v) is 2.28. The SMILES string of the molecule is O=C(C=Cc1ccc(Cl)cc1)N1CCC[C@H]1CO. The van der Waals surface area contributed by atoms with Gasteiger partial charge in [0.15, 0.2) is 0 Å². The van der Waals surface area contributed by atoms with Gasteiger partial charge in [0.2, 0.25) is 5.91 Å². The molecule has 0 unspecified atom stereocenters. The lowest BCUT2D eigenvalue weighted by Crippen LogP contribution is -2.36. The zero-order valence-corrected chi connectivity index (χ0v) is 10.8. The molecule has 0 spiro atoms. The molecule has 4 heteroatoms. The molecule has 0 aliphatic carbocycles. The minimum Gasteiger partial charge on any atom is -0.394 e. The van der Waals surface area contributed by atoms with Crippen molar-refractivity contribution in [3.63, 3.8) is 0 Å². The van der Waals surface area contributed by atoms with Crippen molar-refractivity contribution >= 4 is 23.6 Å². The van der Waals surface area contributed by atoms with Gasteiger partial charge in [-0.3, -0.25) is 4.79 Å². The number of benzene rings is 1. The van der Waals surface area contributed by atoms with E-state index < -0.39 is 0 Å². The Balaban J connectivity index is 2.00. The van der Waals surface area contributed by atoms with Crippen molar-refractivity contribution in [1.29, 1.82) is 0 Å². The van der Waals surface area contributed by atoms with Crippen LogP contribution in [0, 0.1) is 0 Å². The van der Waals surface area contributed by atoms with Crippen LogP contribution in [0.5, 0.6) is 0 Å². The van der Waals surface area contributed by atoms with E-state index in [1.165, 1.54) is 0 Å². The maximum atomic E-state index is 12.0. The molecule has 1 fully saturated rings. The van der Waals surface area contributed by atoms with Crippen molar-refractivity contribution in [3.8, 4) is 0 Å². The van der Waals surface area contributed by atoms with Crippen LogP contribution < -0.4 is 0 Å². The van der Waals surface area contributed by atoms with Crippen LogP contribution in [-0.2, 0) is 4.79 Å². The summed E-state index contributed by atoms with van der Waals surface area (Å²) in [6.45, 7) is 0.773. The third kappa shape index (κ3) is 3.12. The molecule has 3 nitrogen and oxygen atoms in total. The van der Waals surface area contributed by atoms with Gasteiger partial charge in [-0.2, -0.15) is 0 Å². The van der Waals surface area contributed by atoms with Crippen LogP contribution in [0.1, 0.15) is 18.4 Å². The van der Waals surface area contributed by atoms with E-state index in [0.29, 0.717) is 5.02 Å². The molecule has 0 saturated carbocycles. The van der Waals surface area contributed by atoms with Crippen LogP contribution >= 0.6 is 11.6 Å². The highest BCUT2D eigenvalue weighted by molar-refractivity contribution is 6.30. The third-order valence-electron chi connectivity index (χ3n) is 3.16. The predicted octanol–water partition coefficient (Wildman–Crippen LogP) is 2.34. The first-order valence-electron chi connectivity index (χ1n) is 6.06. The number of hydrogen-bond donors (Lipinski definition) is 1. The maximum Gasteiger partial charge on any atom is 0.246 e. The molecule has 1 aliphatic rings. The molecule has 1 aromatic rings. The van der Waals surface area contributed by atoms with Gasteiger partial charge in [-0.1, -0.05) is 23.7 Å². The summed E-state index contributed by atoms with van der Waals surface area (Å²) < 4.78 is 0. The zero-order valence-electron chi connectivity index (χ0n) is 10.1. The zero-order chi connectivity index (χ0) is 13.0. The lowest BCUT2D eigenvalue weighted by molar-refractivity contribution is -0.127. The number of rotatable bonds is 3. The number of aliphatic hydroxyl groups excluding tert-OH is 1. The summed E-state index contributed by atoms with van der Waals surface area (Å²) in [6, 6.07) is 7.28. The maximum absolute atomic E-state index is 12.0. The number of halogens is 1. The molecular weight excluding hydrogens is 250 g/mol. The molecule has 0 aromatic heterocycles. The highest BCUT2D eigenvalue weighted by Crippen LogP contribution is 2.17. The first-order chi connectivity index (χ1) is 8.70. The second-order valence-corrected chi connectivity index (χ2v) is 4.83. The summed E-state index contributed by atoms with van der Waals surface area (Å²) in [5, 5.41) is 9.85. The minimum absolute atomic E-state index is 0.0210. The third-order valence-corrected chi connectivity index (χ3v) is 3.41. The second-order valence-electron chi connectivity index (χ2n) is 4.40. The monoisotopic (exact) mass is 265 g/mol. The summed E-state index contributed by atoms with van der Waals surface area (Å²) in [5.74, 6) is -0.0403. The Labute approximate surface area is 112 Å². The van der Waals surface area contributed by atoms with Gasteiger partial charge in [0.1, 0.15) is 0 Å². The lowest BCUT2D eigenvalue weighted by atomic mass is 10.2. The number of carbonyl (C=O) groups is 1. The largest absolute Gasteiger partial charge is 0.394 e. The Bertz CT molecular complexity index is 442. The smallest absolute Gasteiger partial charge is 0.246 e. The lowest BCUT2D eigenvalue weighted by Gasteiger charge is -2.21. The van der Waals surface area contributed by atoms with Crippen molar-refractivity contribution in [1.82, 2.24) is 4.90 Å².